The SMILES string of the molecule is COC(=O)Nc1ccccc1C(=O)C[C@H](NC(C)=O)C(=O)O. The first-order valence-corrected chi connectivity index (χ1v) is 6.32. The van der Waals surface area contributed by atoms with Crippen LogP contribution >= 0.6 is 0 Å². The van der Waals surface area contributed by atoms with Crippen molar-refractivity contribution in [1.29, 1.82) is 0 Å². The van der Waals surface area contributed by atoms with E-state index in [1.54, 1.807) is 12.1 Å². The van der Waals surface area contributed by atoms with Crippen molar-refractivity contribution >= 4 is 29.4 Å². The summed E-state index contributed by atoms with van der Waals surface area (Å²) in [6, 6.07) is 4.77. The third kappa shape index (κ3) is 4.89. The van der Waals surface area contributed by atoms with Gasteiger partial charge in [-0.15, -0.1) is 0 Å². The van der Waals surface area contributed by atoms with Crippen molar-refractivity contribution in [2.45, 2.75) is 19.4 Å². The molecule has 0 aliphatic rings. The van der Waals surface area contributed by atoms with E-state index in [1.165, 1.54) is 19.2 Å². The van der Waals surface area contributed by atoms with E-state index >= 15 is 0 Å². The number of anilines is 1. The lowest BCUT2D eigenvalue weighted by atomic mass is 10.0. The number of amides is 2. The van der Waals surface area contributed by atoms with Crippen molar-refractivity contribution in [2.75, 3.05) is 12.4 Å². The van der Waals surface area contributed by atoms with Crippen molar-refractivity contribution in [3.05, 3.63) is 29.8 Å². The van der Waals surface area contributed by atoms with E-state index in [9.17, 15) is 19.2 Å². The molecule has 1 aromatic carbocycles. The molecule has 0 unspecified atom stereocenters. The number of carboxylic acid groups (broad SMARTS) is 1. The molecule has 8 nitrogen and oxygen atoms in total. The average molecular weight is 308 g/mol. The molecule has 0 saturated carbocycles. The topological polar surface area (TPSA) is 122 Å². The van der Waals surface area contributed by atoms with Crippen LogP contribution in [0.15, 0.2) is 24.3 Å². The summed E-state index contributed by atoms with van der Waals surface area (Å²) in [5, 5.41) is 13.6. The van der Waals surface area contributed by atoms with Crippen LogP contribution in [0, 0.1) is 0 Å². The van der Waals surface area contributed by atoms with E-state index in [2.05, 4.69) is 15.4 Å². The molecule has 2 amide bonds. The van der Waals surface area contributed by atoms with Crippen LogP contribution in [-0.4, -0.2) is 42.0 Å². The van der Waals surface area contributed by atoms with Gasteiger partial charge in [0.1, 0.15) is 6.04 Å². The van der Waals surface area contributed by atoms with Crippen molar-refractivity contribution in [1.82, 2.24) is 5.32 Å². The lowest BCUT2D eigenvalue weighted by Gasteiger charge is -2.14. The first-order valence-electron chi connectivity index (χ1n) is 6.32. The molecule has 0 fully saturated rings. The van der Waals surface area contributed by atoms with Gasteiger partial charge in [-0.3, -0.25) is 14.9 Å². The van der Waals surface area contributed by atoms with Crippen molar-refractivity contribution in [3.63, 3.8) is 0 Å². The molecule has 0 bridgehead atoms. The Morgan fingerprint density at radius 2 is 1.86 bits per heavy atom. The van der Waals surface area contributed by atoms with Gasteiger partial charge in [-0.2, -0.15) is 0 Å². The first-order chi connectivity index (χ1) is 10.3. The number of ether oxygens (including phenoxy) is 1. The van der Waals surface area contributed by atoms with Crippen molar-refractivity contribution < 1.29 is 29.0 Å². The predicted octanol–water partition coefficient (Wildman–Crippen LogP) is 1.03. The Hall–Kier alpha value is -2.90. The van der Waals surface area contributed by atoms with E-state index < -0.39 is 36.2 Å². The van der Waals surface area contributed by atoms with Crippen LogP contribution in [0.25, 0.3) is 0 Å². The molecule has 0 aromatic heterocycles. The molecule has 1 aromatic rings. The second kappa shape index (κ2) is 7.77. The van der Waals surface area contributed by atoms with Crippen LogP contribution in [0.4, 0.5) is 10.5 Å². The number of methoxy groups -OCH3 is 1. The normalized spacial score (nSPS) is 11.2. The molecule has 1 rings (SSSR count). The fourth-order valence-electron chi connectivity index (χ4n) is 1.74. The van der Waals surface area contributed by atoms with Gasteiger partial charge in [-0.25, -0.2) is 9.59 Å². The van der Waals surface area contributed by atoms with E-state index in [4.69, 9.17) is 5.11 Å². The summed E-state index contributed by atoms with van der Waals surface area (Å²) in [4.78, 5) is 45.5. The van der Waals surface area contributed by atoms with Gasteiger partial charge >= 0.3 is 12.1 Å². The molecule has 0 spiro atoms. The van der Waals surface area contributed by atoms with Gasteiger partial charge in [0.2, 0.25) is 5.91 Å². The standard InChI is InChI=1S/C14H16N2O6/c1-8(17)15-11(13(19)20)7-12(18)9-5-3-4-6-10(9)16-14(21)22-2/h3-6,11H,7H2,1-2H3,(H,15,17)(H,16,21)(H,19,20)/t11-/m0/s1. The number of ketones is 1. The Morgan fingerprint density at radius 1 is 1.23 bits per heavy atom. The Bertz CT molecular complexity index is 599. The number of aliphatic carboxylic acids is 1. The zero-order valence-electron chi connectivity index (χ0n) is 12.1. The summed E-state index contributed by atoms with van der Waals surface area (Å²) in [5.74, 6) is -2.41. The first kappa shape index (κ1) is 17.2. The molecule has 0 aliphatic carbocycles. The lowest BCUT2D eigenvalue weighted by Crippen LogP contribution is -2.41. The number of carbonyl (C=O) groups excluding carboxylic acids is 3. The highest BCUT2D eigenvalue weighted by atomic mass is 16.5. The van der Waals surface area contributed by atoms with Gasteiger partial charge in [0.25, 0.3) is 0 Å². The molecule has 0 radical (unpaired) electrons. The zero-order chi connectivity index (χ0) is 16.7. The quantitative estimate of drug-likeness (QED) is 0.675. The number of hydrogen-bond acceptors (Lipinski definition) is 5. The number of hydrogen-bond donors (Lipinski definition) is 3. The molecule has 22 heavy (non-hydrogen) atoms. The maximum absolute atomic E-state index is 12.2. The molecule has 8 heteroatoms. The van der Waals surface area contributed by atoms with Gasteiger partial charge in [0.05, 0.1) is 12.8 Å². The Labute approximate surface area is 126 Å². The maximum Gasteiger partial charge on any atom is 0.411 e. The minimum Gasteiger partial charge on any atom is -0.480 e. The number of benzene rings is 1. The number of para-hydroxylation sites is 1. The summed E-state index contributed by atoms with van der Waals surface area (Å²) in [7, 11) is 1.18. The number of carboxylic acids is 1. The summed E-state index contributed by atoms with van der Waals surface area (Å²) >= 11 is 0. The lowest BCUT2D eigenvalue weighted by molar-refractivity contribution is -0.141. The summed E-state index contributed by atoms with van der Waals surface area (Å²) in [6.45, 7) is 1.16. The molecule has 0 aliphatic heterocycles. The van der Waals surface area contributed by atoms with E-state index in [0.717, 1.165) is 6.92 Å². The molecule has 3 N–H and O–H groups in total. The van der Waals surface area contributed by atoms with Crippen LogP contribution in [-0.2, 0) is 14.3 Å². The maximum atomic E-state index is 12.2. The molecule has 0 saturated heterocycles. The van der Waals surface area contributed by atoms with Crippen molar-refractivity contribution in [2.24, 2.45) is 0 Å². The molecular formula is C14H16N2O6. The Kier molecular flexibility index (Phi) is 6.06. The Balaban J connectivity index is 2.94. The van der Waals surface area contributed by atoms with Gasteiger partial charge in [0.15, 0.2) is 5.78 Å². The second-order valence-corrected chi connectivity index (χ2v) is 4.38. The largest absolute Gasteiger partial charge is 0.480 e. The van der Waals surface area contributed by atoms with E-state index in [-0.39, 0.29) is 11.3 Å². The zero-order valence-corrected chi connectivity index (χ0v) is 12.1. The number of carbonyl (C=O) groups is 4. The van der Waals surface area contributed by atoms with Crippen LogP contribution in [0.1, 0.15) is 23.7 Å². The Morgan fingerprint density at radius 3 is 2.41 bits per heavy atom. The van der Waals surface area contributed by atoms with Gasteiger partial charge < -0.3 is 15.2 Å². The highest BCUT2D eigenvalue weighted by Gasteiger charge is 2.24. The van der Waals surface area contributed by atoms with E-state index in [1.807, 2.05) is 0 Å². The number of Topliss-reactive ketones (excluding diaryl/α,β-unsaturated/α-hetero) is 1. The molecular weight excluding hydrogens is 292 g/mol. The third-order valence-corrected chi connectivity index (χ3v) is 2.71. The minimum absolute atomic E-state index is 0.129. The van der Waals surface area contributed by atoms with Crippen LogP contribution in [0.5, 0.6) is 0 Å². The number of nitrogens with one attached hydrogen (secondary N) is 2. The average Bonchev–Trinajstić information content (AvgIpc) is 2.46. The summed E-state index contributed by atoms with van der Waals surface area (Å²) < 4.78 is 4.45. The van der Waals surface area contributed by atoms with Crippen LogP contribution in [0.2, 0.25) is 0 Å². The molecule has 0 heterocycles. The fraction of sp³-hybridized carbons (Fsp3) is 0.286. The highest BCUT2D eigenvalue weighted by Crippen LogP contribution is 2.18. The third-order valence-electron chi connectivity index (χ3n) is 2.71. The van der Waals surface area contributed by atoms with Gasteiger partial charge in [0, 0.05) is 18.9 Å². The molecule has 1 atom stereocenters. The van der Waals surface area contributed by atoms with Crippen LogP contribution < -0.4 is 10.6 Å². The minimum atomic E-state index is -1.34. The predicted molar refractivity (Wildman–Crippen MR) is 76.7 cm³/mol. The number of rotatable bonds is 6. The van der Waals surface area contributed by atoms with Crippen LogP contribution in [0.3, 0.4) is 0 Å². The smallest absolute Gasteiger partial charge is 0.411 e. The summed E-state index contributed by atoms with van der Waals surface area (Å²) in [5.41, 5.74) is 0.329. The monoisotopic (exact) mass is 308 g/mol. The molecule has 118 valence electrons. The summed E-state index contributed by atoms with van der Waals surface area (Å²) in [6.07, 6.45) is -1.19. The van der Waals surface area contributed by atoms with E-state index in [0.29, 0.717) is 0 Å². The second-order valence-electron chi connectivity index (χ2n) is 4.38. The van der Waals surface area contributed by atoms with Gasteiger partial charge in [-0.05, 0) is 12.1 Å². The van der Waals surface area contributed by atoms with Gasteiger partial charge in [-0.1, -0.05) is 12.1 Å². The fourth-order valence-corrected chi connectivity index (χ4v) is 1.74. The van der Waals surface area contributed by atoms with Crippen molar-refractivity contribution in [3.8, 4) is 0 Å². The highest BCUT2D eigenvalue weighted by molar-refractivity contribution is 6.05.